The van der Waals surface area contributed by atoms with Crippen LogP contribution in [0.1, 0.15) is 30.7 Å². The largest absolute Gasteiger partial charge is 0.399 e. The van der Waals surface area contributed by atoms with Gasteiger partial charge in [0.1, 0.15) is 12.9 Å². The van der Waals surface area contributed by atoms with Crippen molar-refractivity contribution in [2.45, 2.75) is 37.3 Å². The lowest BCUT2D eigenvalue weighted by Crippen LogP contribution is -2.46. The van der Waals surface area contributed by atoms with E-state index in [2.05, 4.69) is 17.1 Å². The number of fused-ring (bicyclic) bond motifs is 2. The molecule has 3 nitrogen and oxygen atoms in total. The molecule has 0 N–H and O–H groups in total. The summed E-state index contributed by atoms with van der Waals surface area (Å²) in [4.78, 5) is 7.36. The van der Waals surface area contributed by atoms with E-state index >= 15 is 0 Å². The fourth-order valence-corrected chi connectivity index (χ4v) is 3.91. The van der Waals surface area contributed by atoms with Gasteiger partial charge in [-0.2, -0.15) is 0 Å². The maximum atomic E-state index is 13.1. The second-order valence-corrected chi connectivity index (χ2v) is 5.87. The molecular weight excluding hydrogens is 255 g/mol. The third kappa shape index (κ3) is 2.33. The molecule has 0 amide bonds. The van der Waals surface area contributed by atoms with E-state index in [4.69, 9.17) is 4.84 Å². The molecule has 108 valence electrons. The first-order valence-corrected chi connectivity index (χ1v) is 7.24. The number of hydrogen-bond donors (Lipinski definition) is 0. The molecule has 4 atom stereocenters. The Balaban J connectivity index is 1.91. The Morgan fingerprint density at radius 3 is 2.75 bits per heavy atom. The highest BCUT2D eigenvalue weighted by Gasteiger charge is 2.45. The van der Waals surface area contributed by atoms with Crippen LogP contribution >= 0.6 is 0 Å². The van der Waals surface area contributed by atoms with Gasteiger partial charge in [0.15, 0.2) is 0 Å². The molecule has 4 unspecified atom stereocenters. The first-order valence-electron chi connectivity index (χ1n) is 7.24. The quantitative estimate of drug-likeness (QED) is 0.626. The normalized spacial score (nSPS) is 33.8. The van der Waals surface area contributed by atoms with Gasteiger partial charge in [-0.1, -0.05) is 17.3 Å². The number of piperidine rings is 1. The Hall–Kier alpha value is -1.42. The molecule has 2 aliphatic heterocycles. The van der Waals surface area contributed by atoms with E-state index < -0.39 is 0 Å². The fourth-order valence-electron chi connectivity index (χ4n) is 3.91. The van der Waals surface area contributed by atoms with E-state index in [1.807, 2.05) is 18.3 Å². The smallest absolute Gasteiger partial charge is 0.123 e. The molecule has 2 saturated heterocycles. The summed E-state index contributed by atoms with van der Waals surface area (Å²) < 4.78 is 13.1. The molecular formula is C16H21FN2O. The van der Waals surface area contributed by atoms with E-state index in [1.165, 1.54) is 18.4 Å². The Bertz CT molecular complexity index is 488. The molecule has 2 aliphatic rings. The minimum Gasteiger partial charge on any atom is -0.399 e. The SMILES string of the molecule is CON=CC1C(c2ccc(F)cc2)CC2CCC1N2C. The monoisotopic (exact) mass is 276 g/mol. The van der Waals surface area contributed by atoms with Gasteiger partial charge in [-0.3, -0.25) is 4.90 Å². The molecule has 1 aromatic rings. The van der Waals surface area contributed by atoms with Crippen LogP contribution in [0.2, 0.25) is 0 Å². The van der Waals surface area contributed by atoms with Gasteiger partial charge in [0.2, 0.25) is 0 Å². The second kappa shape index (κ2) is 5.52. The maximum Gasteiger partial charge on any atom is 0.123 e. The Labute approximate surface area is 119 Å². The number of oxime groups is 1. The molecule has 20 heavy (non-hydrogen) atoms. The highest BCUT2D eigenvalue weighted by atomic mass is 19.1. The van der Waals surface area contributed by atoms with Gasteiger partial charge in [-0.05, 0) is 49.9 Å². The Kier molecular flexibility index (Phi) is 3.74. The van der Waals surface area contributed by atoms with Crippen LogP contribution in [0.25, 0.3) is 0 Å². The standard InChI is InChI=1S/C16H21FN2O/c1-19-13-7-8-16(19)15(10-18-20-2)14(9-13)11-3-5-12(17)6-4-11/h3-6,10,13-16H,7-9H2,1-2H3. The second-order valence-electron chi connectivity index (χ2n) is 5.87. The highest BCUT2D eigenvalue weighted by molar-refractivity contribution is 5.64. The summed E-state index contributed by atoms with van der Waals surface area (Å²) in [6.07, 6.45) is 5.51. The molecule has 3 rings (SSSR count). The van der Waals surface area contributed by atoms with Gasteiger partial charge >= 0.3 is 0 Å². The van der Waals surface area contributed by atoms with Crippen molar-refractivity contribution in [2.75, 3.05) is 14.2 Å². The highest BCUT2D eigenvalue weighted by Crippen LogP contribution is 2.45. The Morgan fingerprint density at radius 2 is 2.05 bits per heavy atom. The van der Waals surface area contributed by atoms with Crippen LogP contribution in [0.3, 0.4) is 0 Å². The molecule has 0 spiro atoms. The summed E-state index contributed by atoms with van der Waals surface area (Å²) >= 11 is 0. The summed E-state index contributed by atoms with van der Waals surface area (Å²) in [6.45, 7) is 0. The zero-order valence-electron chi connectivity index (χ0n) is 12.0. The average molecular weight is 276 g/mol. The predicted molar refractivity (Wildman–Crippen MR) is 77.3 cm³/mol. The molecule has 4 heteroatoms. The van der Waals surface area contributed by atoms with Crippen molar-refractivity contribution in [3.05, 3.63) is 35.6 Å². The minimum absolute atomic E-state index is 0.174. The summed E-state index contributed by atoms with van der Waals surface area (Å²) in [5.41, 5.74) is 1.21. The van der Waals surface area contributed by atoms with Crippen LogP contribution < -0.4 is 0 Å². The van der Waals surface area contributed by atoms with Crippen molar-refractivity contribution < 1.29 is 9.23 Å². The Morgan fingerprint density at radius 1 is 1.30 bits per heavy atom. The zero-order valence-corrected chi connectivity index (χ0v) is 12.0. The van der Waals surface area contributed by atoms with E-state index in [0.717, 1.165) is 6.42 Å². The first-order chi connectivity index (χ1) is 9.70. The van der Waals surface area contributed by atoms with E-state index in [0.29, 0.717) is 23.9 Å². The molecule has 0 radical (unpaired) electrons. The van der Waals surface area contributed by atoms with Gasteiger partial charge in [0.25, 0.3) is 0 Å². The molecule has 1 aromatic carbocycles. The molecule has 0 aliphatic carbocycles. The van der Waals surface area contributed by atoms with Crippen molar-refractivity contribution >= 4 is 6.21 Å². The van der Waals surface area contributed by atoms with E-state index in [1.54, 1.807) is 19.2 Å². The lowest BCUT2D eigenvalue weighted by Gasteiger charge is -2.41. The zero-order chi connectivity index (χ0) is 14.1. The van der Waals surface area contributed by atoms with Crippen molar-refractivity contribution in [1.82, 2.24) is 4.90 Å². The molecule has 2 fully saturated rings. The number of rotatable bonds is 3. The van der Waals surface area contributed by atoms with Crippen molar-refractivity contribution in [3.63, 3.8) is 0 Å². The number of hydrogen-bond acceptors (Lipinski definition) is 3. The molecule has 0 aromatic heterocycles. The minimum atomic E-state index is -0.174. The van der Waals surface area contributed by atoms with Crippen molar-refractivity contribution in [2.24, 2.45) is 11.1 Å². The van der Waals surface area contributed by atoms with Crippen LogP contribution in [0.5, 0.6) is 0 Å². The summed E-state index contributed by atoms with van der Waals surface area (Å²) in [6, 6.07) is 8.10. The number of halogens is 1. The number of benzene rings is 1. The van der Waals surface area contributed by atoms with Gasteiger partial charge in [0.05, 0.1) is 0 Å². The van der Waals surface area contributed by atoms with Gasteiger partial charge in [0, 0.05) is 24.2 Å². The van der Waals surface area contributed by atoms with Crippen molar-refractivity contribution in [3.8, 4) is 0 Å². The first kappa shape index (κ1) is 13.6. The molecule has 2 bridgehead atoms. The van der Waals surface area contributed by atoms with Crippen molar-refractivity contribution in [1.29, 1.82) is 0 Å². The predicted octanol–water partition coefficient (Wildman–Crippen LogP) is 3.02. The van der Waals surface area contributed by atoms with Crippen LogP contribution in [0, 0.1) is 11.7 Å². The lowest BCUT2D eigenvalue weighted by atomic mass is 9.77. The fraction of sp³-hybridized carbons (Fsp3) is 0.562. The van der Waals surface area contributed by atoms with Crippen LogP contribution in [-0.4, -0.2) is 37.4 Å². The van der Waals surface area contributed by atoms with E-state index in [9.17, 15) is 4.39 Å². The molecule has 0 saturated carbocycles. The topological polar surface area (TPSA) is 24.8 Å². The van der Waals surface area contributed by atoms with Crippen LogP contribution in [0.4, 0.5) is 4.39 Å². The molecule has 2 heterocycles. The summed E-state index contributed by atoms with van der Waals surface area (Å²) in [5, 5.41) is 4.01. The van der Waals surface area contributed by atoms with E-state index in [-0.39, 0.29) is 5.82 Å². The maximum absolute atomic E-state index is 13.1. The third-order valence-corrected chi connectivity index (χ3v) is 4.97. The van der Waals surface area contributed by atoms with Crippen LogP contribution in [-0.2, 0) is 4.84 Å². The lowest BCUT2D eigenvalue weighted by molar-refractivity contribution is 0.131. The van der Waals surface area contributed by atoms with Gasteiger partial charge in [-0.15, -0.1) is 0 Å². The number of nitrogens with zero attached hydrogens (tertiary/aromatic N) is 2. The summed E-state index contributed by atoms with van der Waals surface area (Å²) in [7, 11) is 3.78. The average Bonchev–Trinajstić information content (AvgIpc) is 2.71. The third-order valence-electron chi connectivity index (χ3n) is 4.97. The van der Waals surface area contributed by atoms with Gasteiger partial charge in [-0.25, -0.2) is 4.39 Å². The van der Waals surface area contributed by atoms with Gasteiger partial charge < -0.3 is 4.84 Å². The summed E-state index contributed by atoms with van der Waals surface area (Å²) in [5.74, 6) is 0.569. The van der Waals surface area contributed by atoms with Crippen LogP contribution in [0.15, 0.2) is 29.4 Å².